The minimum Gasteiger partial charge on any atom is -0.352 e. The number of alkyl halides is 1. The van der Waals surface area contributed by atoms with Gasteiger partial charge in [-0.25, -0.2) is 23.1 Å². The maximum absolute atomic E-state index is 15.3. The SMILES string of the molecule is CC(F)(CN)c1ccc(F)cc1-c1cccc2cc(-c3nc(NCCn4ccnn4)ncc3F)sc12. The number of benzene rings is 2. The Morgan fingerprint density at radius 3 is 2.78 bits per heavy atom. The first kappa shape index (κ1) is 23.9. The minimum absolute atomic E-state index is 0.136. The van der Waals surface area contributed by atoms with Crippen LogP contribution in [0.15, 0.2) is 61.1 Å². The van der Waals surface area contributed by atoms with Gasteiger partial charge in [0.25, 0.3) is 0 Å². The maximum Gasteiger partial charge on any atom is 0.223 e. The van der Waals surface area contributed by atoms with Gasteiger partial charge in [0.05, 0.1) is 23.8 Å². The van der Waals surface area contributed by atoms with Crippen molar-refractivity contribution in [2.24, 2.45) is 5.73 Å². The first-order valence-corrected chi connectivity index (χ1v) is 12.0. The van der Waals surface area contributed by atoms with E-state index in [4.69, 9.17) is 5.73 Å². The molecule has 2 aromatic carbocycles. The Balaban J connectivity index is 1.53. The van der Waals surface area contributed by atoms with Gasteiger partial charge in [0.2, 0.25) is 5.95 Å². The summed E-state index contributed by atoms with van der Waals surface area (Å²) in [5.41, 5.74) is 5.29. The molecule has 5 aromatic rings. The Morgan fingerprint density at radius 2 is 2.00 bits per heavy atom. The number of hydrogen-bond acceptors (Lipinski definition) is 7. The Morgan fingerprint density at radius 1 is 1.14 bits per heavy atom. The first-order chi connectivity index (χ1) is 17.4. The summed E-state index contributed by atoms with van der Waals surface area (Å²) in [5.74, 6) is -0.789. The summed E-state index contributed by atoms with van der Waals surface area (Å²) in [6.45, 7) is 2.12. The van der Waals surface area contributed by atoms with E-state index in [0.717, 1.165) is 16.3 Å². The molecule has 0 fully saturated rings. The molecule has 1 atom stereocenters. The molecule has 3 heterocycles. The van der Waals surface area contributed by atoms with E-state index in [2.05, 4.69) is 25.6 Å². The lowest BCUT2D eigenvalue weighted by Gasteiger charge is -2.22. The summed E-state index contributed by atoms with van der Waals surface area (Å²) in [5, 5.41) is 11.5. The van der Waals surface area contributed by atoms with Crippen LogP contribution in [0.3, 0.4) is 0 Å². The second-order valence-corrected chi connectivity index (χ2v) is 9.46. The molecule has 3 aromatic heterocycles. The summed E-state index contributed by atoms with van der Waals surface area (Å²) < 4.78 is 46.7. The standard InChI is InChI=1S/C25H22F3N7S/c1-25(28,14-29)19-6-5-16(26)12-18(19)17-4-2-3-15-11-21(36-23(15)17)22-20(27)13-31-24(33-22)30-7-9-35-10-8-32-34-35/h2-6,8,10-13H,7,9,14,29H2,1H3,(H,30,31,33). The van der Waals surface area contributed by atoms with Crippen LogP contribution in [0.4, 0.5) is 19.1 Å². The molecule has 0 aliphatic rings. The molecule has 0 saturated heterocycles. The normalized spacial score (nSPS) is 13.1. The van der Waals surface area contributed by atoms with Gasteiger partial charge in [-0.3, -0.25) is 4.68 Å². The molecule has 0 spiro atoms. The van der Waals surface area contributed by atoms with Crippen molar-refractivity contribution in [3.8, 4) is 21.7 Å². The van der Waals surface area contributed by atoms with Crippen molar-refractivity contribution < 1.29 is 13.2 Å². The van der Waals surface area contributed by atoms with Gasteiger partial charge in [0, 0.05) is 24.0 Å². The van der Waals surface area contributed by atoms with Crippen molar-refractivity contribution in [2.45, 2.75) is 19.1 Å². The third-order valence-corrected chi connectivity index (χ3v) is 7.03. The van der Waals surface area contributed by atoms with Crippen LogP contribution in [0.5, 0.6) is 0 Å². The Kier molecular flexibility index (Phi) is 6.42. The summed E-state index contributed by atoms with van der Waals surface area (Å²) in [7, 11) is 0. The molecule has 0 aliphatic carbocycles. The van der Waals surface area contributed by atoms with E-state index in [-0.39, 0.29) is 18.2 Å². The Bertz CT molecular complexity index is 1520. The van der Waals surface area contributed by atoms with Crippen molar-refractivity contribution in [1.82, 2.24) is 25.0 Å². The zero-order valence-corrected chi connectivity index (χ0v) is 20.1. The van der Waals surface area contributed by atoms with Crippen molar-refractivity contribution >= 4 is 27.4 Å². The Labute approximate surface area is 208 Å². The number of hydrogen-bond donors (Lipinski definition) is 2. The quantitative estimate of drug-likeness (QED) is 0.300. The van der Waals surface area contributed by atoms with Crippen LogP contribution in [0, 0.1) is 11.6 Å². The number of nitrogens with two attached hydrogens (primary N) is 1. The zero-order chi connectivity index (χ0) is 25.3. The van der Waals surface area contributed by atoms with Crippen LogP contribution < -0.4 is 11.1 Å². The van der Waals surface area contributed by atoms with Crippen molar-refractivity contribution in [3.05, 3.63) is 78.3 Å². The number of anilines is 1. The van der Waals surface area contributed by atoms with E-state index in [1.165, 1.54) is 36.5 Å². The first-order valence-electron chi connectivity index (χ1n) is 11.2. The third kappa shape index (κ3) is 4.67. The van der Waals surface area contributed by atoms with E-state index in [0.29, 0.717) is 34.7 Å². The van der Waals surface area contributed by atoms with Gasteiger partial charge in [-0.1, -0.05) is 29.5 Å². The van der Waals surface area contributed by atoms with E-state index < -0.39 is 17.3 Å². The van der Waals surface area contributed by atoms with Gasteiger partial charge in [0.15, 0.2) is 5.82 Å². The zero-order valence-electron chi connectivity index (χ0n) is 19.3. The molecule has 0 aliphatic heterocycles. The predicted octanol–water partition coefficient (Wildman–Crippen LogP) is 5.15. The number of fused-ring (bicyclic) bond motifs is 1. The van der Waals surface area contributed by atoms with Crippen LogP contribution in [0.25, 0.3) is 31.8 Å². The molecule has 0 radical (unpaired) electrons. The molecular formula is C25H22F3N7S. The van der Waals surface area contributed by atoms with Gasteiger partial charge in [-0.15, -0.1) is 16.4 Å². The van der Waals surface area contributed by atoms with Gasteiger partial charge in [0.1, 0.15) is 17.2 Å². The summed E-state index contributed by atoms with van der Waals surface area (Å²) in [4.78, 5) is 8.97. The molecule has 7 nitrogen and oxygen atoms in total. The molecule has 36 heavy (non-hydrogen) atoms. The van der Waals surface area contributed by atoms with Crippen LogP contribution >= 0.6 is 11.3 Å². The van der Waals surface area contributed by atoms with Gasteiger partial charge in [-0.05, 0) is 47.2 Å². The summed E-state index contributed by atoms with van der Waals surface area (Å²) in [6, 6.07) is 11.2. The number of halogens is 3. The summed E-state index contributed by atoms with van der Waals surface area (Å²) >= 11 is 1.29. The molecule has 5 rings (SSSR count). The van der Waals surface area contributed by atoms with Crippen molar-refractivity contribution in [3.63, 3.8) is 0 Å². The highest BCUT2D eigenvalue weighted by atomic mass is 32.1. The maximum atomic E-state index is 15.3. The fourth-order valence-electron chi connectivity index (χ4n) is 3.96. The highest BCUT2D eigenvalue weighted by molar-refractivity contribution is 7.22. The van der Waals surface area contributed by atoms with Crippen LogP contribution in [0.2, 0.25) is 0 Å². The van der Waals surface area contributed by atoms with E-state index in [1.807, 2.05) is 12.1 Å². The number of nitrogens with one attached hydrogen (secondary N) is 1. The van der Waals surface area contributed by atoms with Gasteiger partial charge < -0.3 is 11.1 Å². The predicted molar refractivity (Wildman–Crippen MR) is 134 cm³/mol. The molecule has 184 valence electrons. The highest BCUT2D eigenvalue weighted by Gasteiger charge is 2.28. The third-order valence-electron chi connectivity index (χ3n) is 5.83. The molecule has 0 saturated carbocycles. The van der Waals surface area contributed by atoms with E-state index in [1.54, 1.807) is 29.2 Å². The Hall–Kier alpha value is -3.83. The number of rotatable bonds is 8. The summed E-state index contributed by atoms with van der Waals surface area (Å²) in [6.07, 6.45) is 4.43. The van der Waals surface area contributed by atoms with Crippen LogP contribution in [0.1, 0.15) is 12.5 Å². The monoisotopic (exact) mass is 509 g/mol. The van der Waals surface area contributed by atoms with Crippen molar-refractivity contribution in [1.29, 1.82) is 0 Å². The number of nitrogens with zero attached hydrogens (tertiary/aromatic N) is 5. The minimum atomic E-state index is -1.85. The van der Waals surface area contributed by atoms with Gasteiger partial charge in [-0.2, -0.15) is 0 Å². The fraction of sp³-hybridized carbons (Fsp3) is 0.200. The second kappa shape index (κ2) is 9.67. The van der Waals surface area contributed by atoms with E-state index in [9.17, 15) is 8.78 Å². The topological polar surface area (TPSA) is 94.5 Å². The van der Waals surface area contributed by atoms with Gasteiger partial charge >= 0.3 is 0 Å². The molecule has 1 unspecified atom stereocenters. The highest BCUT2D eigenvalue weighted by Crippen LogP contribution is 2.42. The molecule has 3 N–H and O–H groups in total. The van der Waals surface area contributed by atoms with Crippen LogP contribution in [-0.2, 0) is 12.2 Å². The lowest BCUT2D eigenvalue weighted by molar-refractivity contribution is 0.204. The van der Waals surface area contributed by atoms with Crippen LogP contribution in [-0.4, -0.2) is 38.1 Å². The number of aromatic nitrogens is 5. The second-order valence-electron chi connectivity index (χ2n) is 8.41. The van der Waals surface area contributed by atoms with Crippen molar-refractivity contribution in [2.75, 3.05) is 18.4 Å². The molecule has 0 bridgehead atoms. The average Bonchev–Trinajstić information content (AvgIpc) is 3.54. The largest absolute Gasteiger partial charge is 0.352 e. The number of thiophene rings is 1. The molecule has 0 amide bonds. The molecular weight excluding hydrogens is 487 g/mol. The molecule has 11 heteroatoms. The smallest absolute Gasteiger partial charge is 0.223 e. The lowest BCUT2D eigenvalue weighted by Crippen LogP contribution is -2.27. The fourth-order valence-corrected chi connectivity index (χ4v) is 5.13. The lowest BCUT2D eigenvalue weighted by atomic mass is 9.89. The average molecular weight is 510 g/mol. The van der Waals surface area contributed by atoms with E-state index >= 15 is 4.39 Å².